The zero-order valence-corrected chi connectivity index (χ0v) is 18.7. The molecule has 3 aromatic rings. The summed E-state index contributed by atoms with van der Waals surface area (Å²) in [5.74, 6) is -0.539. The van der Waals surface area contributed by atoms with Crippen molar-refractivity contribution in [1.29, 1.82) is 0 Å². The summed E-state index contributed by atoms with van der Waals surface area (Å²) in [5, 5.41) is 11.8. The minimum absolute atomic E-state index is 0.0189. The maximum atomic E-state index is 14.8. The van der Waals surface area contributed by atoms with Crippen LogP contribution in [0.2, 0.25) is 0 Å². The number of benzene rings is 1. The Labute approximate surface area is 186 Å². The van der Waals surface area contributed by atoms with Crippen molar-refractivity contribution in [2.75, 3.05) is 10.6 Å². The zero-order valence-electron chi connectivity index (χ0n) is 18.7. The van der Waals surface area contributed by atoms with Crippen molar-refractivity contribution in [2.24, 2.45) is 24.4 Å². The van der Waals surface area contributed by atoms with Gasteiger partial charge in [0.25, 0.3) is 5.91 Å². The van der Waals surface area contributed by atoms with Gasteiger partial charge in [-0.1, -0.05) is 19.8 Å². The molecule has 32 heavy (non-hydrogen) atoms. The summed E-state index contributed by atoms with van der Waals surface area (Å²) < 4.78 is 16.6. The van der Waals surface area contributed by atoms with Crippen molar-refractivity contribution in [3.63, 3.8) is 0 Å². The van der Waals surface area contributed by atoms with Crippen LogP contribution in [0, 0.1) is 11.7 Å². The molecule has 0 bridgehead atoms. The Morgan fingerprint density at radius 3 is 2.69 bits per heavy atom. The molecular weight excluding hydrogens is 409 g/mol. The first kappa shape index (κ1) is 22.0. The number of nitrogens with one attached hydrogen (secondary N) is 2. The molecule has 1 aliphatic rings. The largest absolute Gasteiger partial charge is 0.365 e. The van der Waals surface area contributed by atoms with Gasteiger partial charge in [-0.2, -0.15) is 5.10 Å². The van der Waals surface area contributed by atoms with Crippen LogP contribution in [-0.4, -0.2) is 32.8 Å². The number of aromatic nitrogens is 3. The smallest absolute Gasteiger partial charge is 0.252 e. The maximum absolute atomic E-state index is 14.8. The van der Waals surface area contributed by atoms with Gasteiger partial charge in [0.15, 0.2) is 11.6 Å². The zero-order chi connectivity index (χ0) is 23.0. The summed E-state index contributed by atoms with van der Waals surface area (Å²) in [5.41, 5.74) is 14.3. The first-order valence-electron chi connectivity index (χ1n) is 11.0. The molecule has 2 heterocycles. The van der Waals surface area contributed by atoms with Crippen molar-refractivity contribution in [1.82, 2.24) is 14.8 Å². The van der Waals surface area contributed by atoms with Gasteiger partial charge in [0.2, 0.25) is 0 Å². The van der Waals surface area contributed by atoms with E-state index < -0.39 is 11.7 Å². The minimum Gasteiger partial charge on any atom is -0.365 e. The fraction of sp³-hybridized carbons (Fsp3) is 0.435. The second-order valence-corrected chi connectivity index (χ2v) is 8.65. The number of aryl methyl sites for hydroxylation is 2. The standard InChI is InChI=1S/C23H30FN7O/c1-4-18-15-10-14(7-8-20(15)31(3)30-18)27-22-16(21(26)32)11-17(24)23(29-22)28-19(12(2)25)9-13-5-6-13/h7-8,10-13,19H,4-6,9,25H2,1-3H3,(H2,26,32)(H2,27,28,29)/t12-,19+/m0/s1. The van der Waals surface area contributed by atoms with Gasteiger partial charge in [-0.05, 0) is 49.9 Å². The number of anilines is 3. The normalized spacial score (nSPS) is 15.5. The molecule has 2 atom stereocenters. The van der Waals surface area contributed by atoms with Gasteiger partial charge in [-0.3, -0.25) is 9.48 Å². The molecule has 0 unspecified atom stereocenters. The van der Waals surface area contributed by atoms with Crippen molar-refractivity contribution < 1.29 is 9.18 Å². The number of nitrogens with two attached hydrogens (primary N) is 2. The second-order valence-electron chi connectivity index (χ2n) is 8.65. The molecule has 0 saturated heterocycles. The van der Waals surface area contributed by atoms with Gasteiger partial charge < -0.3 is 22.1 Å². The van der Waals surface area contributed by atoms with Crippen molar-refractivity contribution in [3.05, 3.63) is 41.3 Å². The number of fused-ring (bicyclic) bond motifs is 1. The molecule has 0 aliphatic heterocycles. The molecule has 6 N–H and O–H groups in total. The molecule has 1 aliphatic carbocycles. The Morgan fingerprint density at radius 1 is 1.31 bits per heavy atom. The van der Waals surface area contributed by atoms with Crippen LogP contribution in [0.25, 0.3) is 10.9 Å². The van der Waals surface area contributed by atoms with Gasteiger partial charge in [-0.25, -0.2) is 9.37 Å². The quantitative estimate of drug-likeness (QED) is 0.405. The summed E-state index contributed by atoms with van der Waals surface area (Å²) in [6.45, 7) is 3.94. The third-order valence-corrected chi connectivity index (χ3v) is 6.01. The van der Waals surface area contributed by atoms with E-state index in [4.69, 9.17) is 11.5 Å². The number of carbonyl (C=O) groups excluding carboxylic acids is 1. The number of amides is 1. The highest BCUT2D eigenvalue weighted by molar-refractivity contribution is 5.99. The lowest BCUT2D eigenvalue weighted by Crippen LogP contribution is -2.39. The molecule has 4 rings (SSSR count). The third kappa shape index (κ3) is 4.52. The molecule has 8 nitrogen and oxygen atoms in total. The highest BCUT2D eigenvalue weighted by atomic mass is 19.1. The first-order chi connectivity index (χ1) is 15.3. The van der Waals surface area contributed by atoms with Crippen LogP contribution in [0.4, 0.5) is 21.7 Å². The number of halogens is 1. The van der Waals surface area contributed by atoms with E-state index in [9.17, 15) is 9.18 Å². The summed E-state index contributed by atoms with van der Waals surface area (Å²) in [4.78, 5) is 16.4. The van der Waals surface area contributed by atoms with Gasteiger partial charge in [-0.15, -0.1) is 0 Å². The van der Waals surface area contributed by atoms with Crippen LogP contribution in [-0.2, 0) is 13.5 Å². The van der Waals surface area contributed by atoms with Gasteiger partial charge in [0.05, 0.1) is 16.8 Å². The van der Waals surface area contributed by atoms with Gasteiger partial charge in [0, 0.05) is 30.2 Å². The van der Waals surface area contributed by atoms with Crippen LogP contribution < -0.4 is 22.1 Å². The van der Waals surface area contributed by atoms with E-state index in [0.717, 1.165) is 35.5 Å². The van der Waals surface area contributed by atoms with E-state index in [-0.39, 0.29) is 29.3 Å². The fourth-order valence-electron chi connectivity index (χ4n) is 3.98. The number of carbonyl (C=O) groups is 1. The number of hydrogen-bond donors (Lipinski definition) is 4. The van der Waals surface area contributed by atoms with E-state index >= 15 is 0 Å². The Balaban J connectivity index is 1.68. The predicted octanol–water partition coefficient (Wildman–Crippen LogP) is 3.44. The van der Waals surface area contributed by atoms with Gasteiger partial charge in [0.1, 0.15) is 5.82 Å². The van der Waals surface area contributed by atoms with Crippen molar-refractivity contribution in [2.45, 2.75) is 51.6 Å². The number of rotatable bonds is 9. The summed E-state index contributed by atoms with van der Waals surface area (Å²) in [6, 6.07) is 6.58. The molecule has 1 fully saturated rings. The number of hydrogen-bond acceptors (Lipinski definition) is 6. The van der Waals surface area contributed by atoms with E-state index in [2.05, 4.69) is 20.7 Å². The van der Waals surface area contributed by atoms with Crippen LogP contribution in [0.3, 0.4) is 0 Å². The van der Waals surface area contributed by atoms with Crippen molar-refractivity contribution >= 4 is 34.1 Å². The highest BCUT2D eigenvalue weighted by Gasteiger charge is 2.28. The predicted molar refractivity (Wildman–Crippen MR) is 124 cm³/mol. The minimum atomic E-state index is -0.760. The van der Waals surface area contributed by atoms with Gasteiger partial charge >= 0.3 is 0 Å². The Kier molecular flexibility index (Phi) is 6.01. The SMILES string of the molecule is CCc1nn(C)c2ccc(Nc3nc(N[C@H](CC4CC4)[C@H](C)N)c(F)cc3C(N)=O)cc12. The monoisotopic (exact) mass is 439 g/mol. The average molecular weight is 440 g/mol. The third-order valence-electron chi connectivity index (χ3n) is 6.01. The van der Waals surface area contributed by atoms with E-state index in [1.807, 2.05) is 43.8 Å². The average Bonchev–Trinajstić information content (AvgIpc) is 3.51. The lowest BCUT2D eigenvalue weighted by atomic mass is 10.0. The van der Waals surface area contributed by atoms with E-state index in [0.29, 0.717) is 11.6 Å². The van der Waals surface area contributed by atoms with Crippen LogP contribution >= 0.6 is 0 Å². The Morgan fingerprint density at radius 2 is 2.06 bits per heavy atom. The topological polar surface area (TPSA) is 124 Å². The van der Waals surface area contributed by atoms with Crippen LogP contribution in [0.15, 0.2) is 24.3 Å². The number of primary amides is 1. The summed E-state index contributed by atoms with van der Waals surface area (Å²) in [7, 11) is 1.90. The Hall–Kier alpha value is -3.20. The first-order valence-corrected chi connectivity index (χ1v) is 11.0. The lowest BCUT2D eigenvalue weighted by molar-refractivity contribution is 0.100. The number of nitrogens with zero attached hydrogens (tertiary/aromatic N) is 3. The van der Waals surface area contributed by atoms with Crippen LogP contribution in [0.1, 0.15) is 49.2 Å². The lowest BCUT2D eigenvalue weighted by Gasteiger charge is -2.24. The molecule has 1 aromatic carbocycles. The Bertz CT molecular complexity index is 1150. The van der Waals surface area contributed by atoms with E-state index in [1.54, 1.807) is 0 Å². The maximum Gasteiger partial charge on any atom is 0.252 e. The van der Waals surface area contributed by atoms with E-state index in [1.165, 1.54) is 12.8 Å². The van der Waals surface area contributed by atoms with Crippen molar-refractivity contribution in [3.8, 4) is 0 Å². The van der Waals surface area contributed by atoms with Crippen LogP contribution in [0.5, 0.6) is 0 Å². The fourth-order valence-corrected chi connectivity index (χ4v) is 3.98. The molecular formula is C23H30FN7O. The second kappa shape index (κ2) is 8.74. The number of pyridine rings is 1. The summed E-state index contributed by atoms with van der Waals surface area (Å²) >= 11 is 0. The molecule has 1 amide bonds. The molecule has 170 valence electrons. The molecule has 0 radical (unpaired) electrons. The highest BCUT2D eigenvalue weighted by Crippen LogP contribution is 2.35. The molecule has 0 spiro atoms. The molecule has 9 heteroatoms. The molecule has 1 saturated carbocycles. The summed E-state index contributed by atoms with van der Waals surface area (Å²) in [6.07, 6.45) is 3.99. The molecule has 2 aromatic heterocycles.